The van der Waals surface area contributed by atoms with Crippen LogP contribution in [0.2, 0.25) is 0 Å². The summed E-state index contributed by atoms with van der Waals surface area (Å²) in [6, 6.07) is 21.7. The van der Waals surface area contributed by atoms with E-state index in [0.717, 1.165) is 0 Å². The molecule has 1 nitrogen and oxygen atoms in total. The third kappa shape index (κ3) is 8.20. The summed E-state index contributed by atoms with van der Waals surface area (Å²) in [6.07, 6.45) is 0. The van der Waals surface area contributed by atoms with Crippen LogP contribution in [-0.4, -0.2) is 25.7 Å². The molecule has 0 saturated heterocycles. The van der Waals surface area contributed by atoms with Gasteiger partial charge in [-0.2, -0.15) is 0 Å². The van der Waals surface area contributed by atoms with Gasteiger partial charge in [0.2, 0.25) is 0 Å². The van der Waals surface area contributed by atoms with Crippen molar-refractivity contribution in [2.45, 2.75) is 119 Å². The molecule has 4 heteroatoms. The molecule has 0 bridgehead atoms. The average molecular weight is 722 g/mol. The number of rotatable bonds is 9. The Kier molecular flexibility index (Phi) is 15.6. The van der Waals surface area contributed by atoms with Gasteiger partial charge in [-0.25, -0.2) is 0 Å². The number of halogens is 1. The monoisotopic (exact) mass is 719 g/mol. The number of hydrogen-bond acceptors (Lipinski definition) is 1. The van der Waals surface area contributed by atoms with Crippen molar-refractivity contribution >= 4 is 40.8 Å². The molecule has 0 amide bonds. The molecule has 3 aromatic carbocycles. The Morgan fingerprint density at radius 3 is 0.675 bits per heavy atom. The van der Waals surface area contributed by atoms with Gasteiger partial charge < -0.3 is 5.48 Å². The van der Waals surface area contributed by atoms with Crippen molar-refractivity contribution in [2.75, 3.05) is 0 Å². The van der Waals surface area contributed by atoms with Crippen LogP contribution in [0.4, 0.5) is 0 Å². The molecular formula is C36H52ClCuOSb. The summed E-state index contributed by atoms with van der Waals surface area (Å²) in [6.45, 7) is 28.8. The minimum absolute atomic E-state index is 0. The maximum absolute atomic E-state index is 4.20. The Bertz CT molecular complexity index is 984. The maximum Gasteiger partial charge on any atom is -0.870 e. The van der Waals surface area contributed by atoms with Crippen molar-refractivity contribution in [3.63, 3.8) is 0 Å². The van der Waals surface area contributed by atoms with Gasteiger partial charge >= 0.3 is 263 Å². The molecule has 0 heterocycles. The largest absolute Gasteiger partial charge is 0.870 e. The van der Waals surface area contributed by atoms with E-state index < -0.39 is 20.2 Å². The van der Waals surface area contributed by atoms with E-state index in [1.807, 2.05) is 0 Å². The molecule has 0 aliphatic heterocycles. The Hall–Kier alpha value is -0.752. The first-order valence-corrected chi connectivity index (χ1v) is 19.8. The van der Waals surface area contributed by atoms with Crippen LogP contribution in [0.25, 0.3) is 0 Å². The minimum atomic E-state index is -2.55. The zero-order valence-corrected chi connectivity index (χ0v) is 31.0. The maximum atomic E-state index is 4.20. The van der Waals surface area contributed by atoms with Gasteiger partial charge in [0.25, 0.3) is 0 Å². The van der Waals surface area contributed by atoms with Crippen molar-refractivity contribution in [3.8, 4) is 0 Å². The first kappa shape index (κ1) is 37.3. The summed E-state index contributed by atoms with van der Waals surface area (Å²) in [5, 5.41) is 0. The van der Waals surface area contributed by atoms with Crippen molar-refractivity contribution in [3.05, 3.63) is 88.0 Å². The molecule has 0 unspecified atom stereocenters. The summed E-state index contributed by atoms with van der Waals surface area (Å²) >= 11 is 1.11. The second-order valence-electron chi connectivity index (χ2n) is 12.6. The van der Waals surface area contributed by atoms with Crippen LogP contribution >= 0.6 is 10.1 Å². The minimum Gasteiger partial charge on any atom is -0.870 e. The van der Waals surface area contributed by atoms with E-state index in [1.165, 1.54) is 0 Å². The van der Waals surface area contributed by atoms with Crippen LogP contribution in [0.1, 0.15) is 152 Å². The summed E-state index contributed by atoms with van der Waals surface area (Å²) in [4.78, 5) is 0. The second kappa shape index (κ2) is 16.8. The smallest absolute Gasteiger partial charge is 0.870 e. The second-order valence-corrected chi connectivity index (χ2v) is 18.4. The summed E-state index contributed by atoms with van der Waals surface area (Å²) < 4.78 is 5.21. The van der Waals surface area contributed by atoms with Crippen LogP contribution in [0.5, 0.6) is 0 Å². The first-order chi connectivity index (χ1) is 18.4. The molecule has 0 saturated carbocycles. The fourth-order valence-electron chi connectivity index (χ4n) is 5.65. The van der Waals surface area contributed by atoms with Gasteiger partial charge in [0.15, 0.2) is 0 Å². The number of hydrogen-bond donors (Lipinski definition) is 0. The Morgan fingerprint density at radius 2 is 0.550 bits per heavy atom. The van der Waals surface area contributed by atoms with Crippen LogP contribution in [-0.2, 0) is 15.1 Å². The van der Waals surface area contributed by atoms with Gasteiger partial charge in [-0.1, -0.05) is 0 Å². The first-order valence-electron chi connectivity index (χ1n) is 14.7. The van der Waals surface area contributed by atoms with E-state index in [2.05, 4.69) is 163 Å². The van der Waals surface area contributed by atoms with Crippen molar-refractivity contribution < 1.29 is 20.6 Å². The van der Waals surface area contributed by atoms with E-state index in [4.69, 9.17) is 0 Å². The third-order valence-electron chi connectivity index (χ3n) is 7.70. The van der Waals surface area contributed by atoms with Crippen LogP contribution in [0.3, 0.4) is 0 Å². The quantitative estimate of drug-likeness (QED) is 0.203. The fraction of sp³-hybridized carbons (Fsp3) is 0.500. The molecular weight excluding hydrogens is 669 g/mol. The normalized spacial score (nSPS) is 11.7. The zero-order chi connectivity index (χ0) is 29.6. The van der Waals surface area contributed by atoms with Crippen LogP contribution < -0.4 is 10.5 Å². The van der Waals surface area contributed by atoms with Gasteiger partial charge in [0, 0.05) is 0 Å². The molecule has 0 aromatic heterocycles. The summed E-state index contributed by atoms with van der Waals surface area (Å²) in [5.74, 6) is 3.02. The Morgan fingerprint density at radius 1 is 0.400 bits per heavy atom. The predicted molar refractivity (Wildman–Crippen MR) is 176 cm³/mol. The van der Waals surface area contributed by atoms with Gasteiger partial charge in [0.05, 0.1) is 0 Å². The van der Waals surface area contributed by atoms with E-state index in [9.17, 15) is 0 Å². The average Bonchev–Trinajstić information content (AvgIpc) is 2.89. The standard InChI is InChI=1S/3C12H17.ClH.Cu.H2O.Sb/c3*1-9(2)11-6-5-7-12(8-11)10(3)4;;;;/h3*5-7,9-10H,1-4H3;1H;;1H2;/q;;;;+1;;+1/p-2. The van der Waals surface area contributed by atoms with E-state index in [-0.39, 0.29) is 5.48 Å². The molecule has 40 heavy (non-hydrogen) atoms. The molecule has 3 rings (SSSR count). The topological polar surface area (TPSA) is 30.0 Å². The van der Waals surface area contributed by atoms with Gasteiger partial charge in [-0.3, -0.25) is 0 Å². The van der Waals surface area contributed by atoms with Gasteiger partial charge in [-0.05, 0) is 0 Å². The predicted octanol–water partition coefficient (Wildman–Crippen LogP) is 9.45. The van der Waals surface area contributed by atoms with Gasteiger partial charge in [-0.15, -0.1) is 0 Å². The Labute approximate surface area is 266 Å². The molecule has 1 N–H and O–H groups in total. The molecule has 0 aliphatic rings. The van der Waals surface area contributed by atoms with Crippen molar-refractivity contribution in [1.82, 2.24) is 0 Å². The van der Waals surface area contributed by atoms with E-state index >= 15 is 0 Å². The summed E-state index contributed by atoms with van der Waals surface area (Å²) in [7, 11) is 4.20. The zero-order valence-electron chi connectivity index (χ0n) is 26.7. The van der Waals surface area contributed by atoms with Crippen molar-refractivity contribution in [2.24, 2.45) is 0 Å². The molecule has 1 radical (unpaired) electrons. The molecule has 225 valence electrons. The Balaban J connectivity index is 0.00000261. The van der Waals surface area contributed by atoms with Crippen LogP contribution in [0, 0.1) is 0 Å². The molecule has 0 aliphatic carbocycles. The number of benzene rings is 3. The molecule has 0 fully saturated rings. The molecule has 3 aromatic rings. The van der Waals surface area contributed by atoms with Crippen molar-refractivity contribution in [1.29, 1.82) is 0 Å². The van der Waals surface area contributed by atoms with Gasteiger partial charge in [0.1, 0.15) is 0 Å². The summed E-state index contributed by atoms with van der Waals surface area (Å²) in [5.41, 5.74) is 9.48. The molecule has 0 atom stereocenters. The SMILES string of the molecule is CC(C)c1cccc(C(C)C)[c]1[Sb+]([c]1c(C(C)C)cccc1C(C)C)[c]1c(C(C)C)cccc1C(C)C.[Cl][Cu].[OH-]. The fourth-order valence-corrected chi connectivity index (χ4v) is 17.7. The van der Waals surface area contributed by atoms with Crippen LogP contribution in [0.15, 0.2) is 54.6 Å². The van der Waals surface area contributed by atoms with E-state index in [0.29, 0.717) is 35.5 Å². The molecule has 0 spiro atoms. The van der Waals surface area contributed by atoms with E-state index in [1.54, 1.807) is 43.9 Å². The third-order valence-corrected chi connectivity index (χ3v) is 15.9.